The molecule has 0 saturated carbocycles. The normalized spacial score (nSPS) is 16.7. The van der Waals surface area contributed by atoms with Crippen LogP contribution in [-0.2, 0) is 17.6 Å². The quantitative estimate of drug-likeness (QED) is 0.756. The van der Waals surface area contributed by atoms with E-state index in [4.69, 9.17) is 4.42 Å². The van der Waals surface area contributed by atoms with Crippen molar-refractivity contribution in [1.82, 2.24) is 4.98 Å². The van der Waals surface area contributed by atoms with Gasteiger partial charge < -0.3 is 9.73 Å². The average Bonchev–Trinajstić information content (AvgIpc) is 3.12. The summed E-state index contributed by atoms with van der Waals surface area (Å²) in [6, 6.07) is 11.7. The van der Waals surface area contributed by atoms with Crippen molar-refractivity contribution in [2.45, 2.75) is 12.8 Å². The maximum absolute atomic E-state index is 12.5. The Kier molecular flexibility index (Phi) is 3.22. The van der Waals surface area contributed by atoms with Crippen LogP contribution < -0.4 is 5.32 Å². The van der Waals surface area contributed by atoms with Gasteiger partial charge in [-0.25, -0.2) is 4.98 Å². The van der Waals surface area contributed by atoms with Crippen molar-refractivity contribution in [3.05, 3.63) is 58.4 Å². The summed E-state index contributed by atoms with van der Waals surface area (Å²) >= 11 is 3.48. The zero-order chi connectivity index (χ0) is 15.1. The first-order valence-electron chi connectivity index (χ1n) is 7.10. The van der Waals surface area contributed by atoms with Gasteiger partial charge in [0.05, 0.1) is 0 Å². The molecule has 1 amide bonds. The SMILES string of the molecule is O=C(Nc1ccc2ocnc2c1)C1Cc2ccc(Br)cc2C1. The third-order valence-corrected chi connectivity index (χ3v) is 4.56. The Morgan fingerprint density at radius 1 is 1.18 bits per heavy atom. The Bertz CT molecular complexity index is 872. The van der Waals surface area contributed by atoms with Crippen LogP contribution in [-0.4, -0.2) is 10.9 Å². The van der Waals surface area contributed by atoms with Crippen LogP contribution in [0.2, 0.25) is 0 Å². The zero-order valence-electron chi connectivity index (χ0n) is 11.7. The minimum atomic E-state index is -0.0164. The molecule has 1 aromatic heterocycles. The molecule has 3 aromatic rings. The number of oxazole rings is 1. The first kappa shape index (κ1) is 13.5. The van der Waals surface area contributed by atoms with Gasteiger partial charge in [0.25, 0.3) is 0 Å². The number of rotatable bonds is 2. The molecule has 110 valence electrons. The number of aromatic nitrogens is 1. The molecule has 1 aliphatic carbocycles. The molecular weight excluding hydrogens is 344 g/mol. The largest absolute Gasteiger partial charge is 0.443 e. The van der Waals surface area contributed by atoms with Crippen molar-refractivity contribution in [2.24, 2.45) is 5.92 Å². The number of carbonyl (C=O) groups is 1. The van der Waals surface area contributed by atoms with Crippen molar-refractivity contribution < 1.29 is 9.21 Å². The second-order valence-electron chi connectivity index (χ2n) is 5.54. The van der Waals surface area contributed by atoms with Crippen LogP contribution in [0, 0.1) is 5.92 Å². The van der Waals surface area contributed by atoms with E-state index >= 15 is 0 Å². The third kappa shape index (κ3) is 2.41. The van der Waals surface area contributed by atoms with E-state index in [-0.39, 0.29) is 11.8 Å². The number of amides is 1. The van der Waals surface area contributed by atoms with E-state index < -0.39 is 0 Å². The second-order valence-corrected chi connectivity index (χ2v) is 6.46. The van der Waals surface area contributed by atoms with Crippen LogP contribution in [0.3, 0.4) is 0 Å². The minimum absolute atomic E-state index is 0.0164. The molecule has 0 spiro atoms. The highest BCUT2D eigenvalue weighted by atomic mass is 79.9. The first-order chi connectivity index (χ1) is 10.7. The second kappa shape index (κ2) is 5.25. The van der Waals surface area contributed by atoms with Crippen LogP contribution in [0.1, 0.15) is 11.1 Å². The zero-order valence-corrected chi connectivity index (χ0v) is 13.3. The summed E-state index contributed by atoms with van der Waals surface area (Å²) in [4.78, 5) is 16.6. The van der Waals surface area contributed by atoms with Gasteiger partial charge in [-0.15, -0.1) is 0 Å². The Hall–Kier alpha value is -2.14. The number of halogens is 1. The van der Waals surface area contributed by atoms with Crippen LogP contribution in [0.15, 0.2) is 51.7 Å². The number of carbonyl (C=O) groups excluding carboxylic acids is 1. The number of fused-ring (bicyclic) bond motifs is 2. The molecule has 1 unspecified atom stereocenters. The van der Waals surface area contributed by atoms with E-state index in [0.29, 0.717) is 0 Å². The summed E-state index contributed by atoms with van der Waals surface area (Å²) in [5, 5.41) is 2.98. The summed E-state index contributed by atoms with van der Waals surface area (Å²) in [7, 11) is 0. The van der Waals surface area contributed by atoms with E-state index in [1.807, 2.05) is 24.3 Å². The molecule has 1 N–H and O–H groups in total. The van der Waals surface area contributed by atoms with Crippen molar-refractivity contribution in [1.29, 1.82) is 0 Å². The van der Waals surface area contributed by atoms with Crippen molar-refractivity contribution in [2.75, 3.05) is 5.32 Å². The molecule has 5 heteroatoms. The predicted octanol–water partition coefficient (Wildman–Crippen LogP) is 3.94. The van der Waals surface area contributed by atoms with Gasteiger partial charge in [-0.3, -0.25) is 4.79 Å². The van der Waals surface area contributed by atoms with Gasteiger partial charge in [0.1, 0.15) is 5.52 Å². The Morgan fingerprint density at radius 3 is 2.95 bits per heavy atom. The monoisotopic (exact) mass is 356 g/mol. The summed E-state index contributed by atoms with van der Waals surface area (Å²) in [5.74, 6) is 0.0347. The van der Waals surface area contributed by atoms with Gasteiger partial charge >= 0.3 is 0 Å². The molecule has 4 rings (SSSR count). The minimum Gasteiger partial charge on any atom is -0.443 e. The fourth-order valence-corrected chi connectivity index (χ4v) is 3.36. The van der Waals surface area contributed by atoms with Crippen molar-refractivity contribution in [3.8, 4) is 0 Å². The molecular formula is C17H13BrN2O2. The molecule has 0 bridgehead atoms. The highest BCUT2D eigenvalue weighted by Gasteiger charge is 2.27. The number of benzene rings is 2. The Balaban J connectivity index is 1.51. The molecule has 1 heterocycles. The van der Waals surface area contributed by atoms with Gasteiger partial charge in [-0.2, -0.15) is 0 Å². The number of hydrogen-bond donors (Lipinski definition) is 1. The highest BCUT2D eigenvalue weighted by Crippen LogP contribution is 2.30. The molecule has 0 fully saturated rings. The molecule has 0 radical (unpaired) electrons. The maximum Gasteiger partial charge on any atom is 0.228 e. The predicted molar refractivity (Wildman–Crippen MR) is 87.7 cm³/mol. The van der Waals surface area contributed by atoms with Gasteiger partial charge in [0.2, 0.25) is 5.91 Å². The van der Waals surface area contributed by atoms with E-state index in [1.54, 1.807) is 0 Å². The van der Waals surface area contributed by atoms with Crippen LogP contribution in [0.25, 0.3) is 11.1 Å². The molecule has 0 saturated heterocycles. The molecule has 1 aliphatic rings. The summed E-state index contributed by atoms with van der Waals surface area (Å²) < 4.78 is 6.26. The topological polar surface area (TPSA) is 55.1 Å². The lowest BCUT2D eigenvalue weighted by molar-refractivity contribution is -0.119. The smallest absolute Gasteiger partial charge is 0.228 e. The van der Waals surface area contributed by atoms with E-state index in [0.717, 1.165) is 34.1 Å². The Morgan fingerprint density at radius 2 is 2.05 bits per heavy atom. The van der Waals surface area contributed by atoms with Crippen LogP contribution >= 0.6 is 15.9 Å². The fraction of sp³-hybridized carbons (Fsp3) is 0.176. The summed E-state index contributed by atoms with van der Waals surface area (Å²) in [6.45, 7) is 0. The van der Waals surface area contributed by atoms with E-state index in [1.165, 1.54) is 17.5 Å². The van der Waals surface area contributed by atoms with Crippen LogP contribution in [0.4, 0.5) is 5.69 Å². The number of nitrogens with zero attached hydrogens (tertiary/aromatic N) is 1. The molecule has 2 aromatic carbocycles. The van der Waals surface area contributed by atoms with Gasteiger partial charge in [-0.1, -0.05) is 22.0 Å². The molecule has 22 heavy (non-hydrogen) atoms. The standard InChI is InChI=1S/C17H13BrN2O2/c18-13-2-1-10-5-12(6-11(10)7-13)17(21)20-14-3-4-16-15(8-14)19-9-22-16/h1-4,7-9,12H,5-6H2,(H,20,21). The summed E-state index contributed by atoms with van der Waals surface area (Å²) in [6.07, 6.45) is 2.98. The van der Waals surface area contributed by atoms with Gasteiger partial charge in [-0.05, 0) is 54.3 Å². The van der Waals surface area contributed by atoms with E-state index in [9.17, 15) is 4.79 Å². The lowest BCUT2D eigenvalue weighted by Gasteiger charge is -2.10. The average molecular weight is 357 g/mol. The van der Waals surface area contributed by atoms with Gasteiger partial charge in [0, 0.05) is 16.1 Å². The van der Waals surface area contributed by atoms with E-state index in [2.05, 4.69) is 38.4 Å². The summed E-state index contributed by atoms with van der Waals surface area (Å²) in [5.41, 5.74) is 4.73. The van der Waals surface area contributed by atoms with Gasteiger partial charge in [0.15, 0.2) is 12.0 Å². The third-order valence-electron chi connectivity index (χ3n) is 4.07. The fourth-order valence-electron chi connectivity index (χ4n) is 2.95. The number of nitrogens with one attached hydrogen (secondary N) is 1. The maximum atomic E-state index is 12.5. The van der Waals surface area contributed by atoms with Crippen LogP contribution in [0.5, 0.6) is 0 Å². The highest BCUT2D eigenvalue weighted by molar-refractivity contribution is 9.10. The lowest BCUT2D eigenvalue weighted by Crippen LogP contribution is -2.23. The number of anilines is 1. The Labute approximate surface area is 135 Å². The van der Waals surface area contributed by atoms with Crippen molar-refractivity contribution >= 4 is 38.6 Å². The first-order valence-corrected chi connectivity index (χ1v) is 7.90. The molecule has 4 nitrogen and oxygen atoms in total. The molecule has 0 aliphatic heterocycles. The van der Waals surface area contributed by atoms with Crippen molar-refractivity contribution in [3.63, 3.8) is 0 Å². The molecule has 1 atom stereocenters. The lowest BCUT2D eigenvalue weighted by atomic mass is 10.1. The number of hydrogen-bond acceptors (Lipinski definition) is 3.